The number of aromatic nitrogens is 1. The monoisotopic (exact) mass is 221 g/mol. The number of hydrogen-bond donors (Lipinski definition) is 2. The maximum absolute atomic E-state index is 4.35. The number of nitrogens with one attached hydrogen (secondary N) is 2. The van der Waals surface area contributed by atoms with Crippen LogP contribution in [0.3, 0.4) is 0 Å². The topological polar surface area (TPSA) is 37.0 Å². The second-order valence-electron chi connectivity index (χ2n) is 4.05. The number of aryl methyl sites for hydroxylation is 1. The zero-order chi connectivity index (χ0) is 11.6. The van der Waals surface area contributed by atoms with Gasteiger partial charge in [-0.25, -0.2) is 0 Å². The fourth-order valence-electron chi connectivity index (χ4n) is 1.55. The van der Waals surface area contributed by atoms with E-state index in [2.05, 4.69) is 35.5 Å². The normalized spacial score (nSPS) is 10.6. The van der Waals surface area contributed by atoms with Gasteiger partial charge in [0.15, 0.2) is 0 Å². The van der Waals surface area contributed by atoms with E-state index >= 15 is 0 Å². The van der Waals surface area contributed by atoms with Gasteiger partial charge in [0.05, 0.1) is 5.69 Å². The Morgan fingerprint density at radius 3 is 2.75 bits per heavy atom. The molecule has 90 valence electrons. The van der Waals surface area contributed by atoms with Crippen LogP contribution in [0.25, 0.3) is 0 Å². The van der Waals surface area contributed by atoms with Crippen LogP contribution in [-0.2, 0) is 6.54 Å². The maximum Gasteiger partial charge on any atom is 0.0570 e. The molecule has 2 N–H and O–H groups in total. The molecule has 0 aromatic carbocycles. The van der Waals surface area contributed by atoms with Crippen molar-refractivity contribution in [3.05, 3.63) is 29.6 Å². The molecule has 0 bridgehead atoms. The summed E-state index contributed by atoms with van der Waals surface area (Å²) in [5.74, 6) is 0. The zero-order valence-electron chi connectivity index (χ0n) is 10.4. The van der Waals surface area contributed by atoms with Crippen molar-refractivity contribution < 1.29 is 0 Å². The fraction of sp³-hybridized carbons (Fsp3) is 0.615. The molecule has 0 saturated heterocycles. The number of nitrogens with zero attached hydrogens (tertiary/aromatic N) is 1. The maximum atomic E-state index is 4.35. The molecular weight excluding hydrogens is 198 g/mol. The van der Waals surface area contributed by atoms with Crippen molar-refractivity contribution in [2.75, 3.05) is 19.6 Å². The Morgan fingerprint density at radius 2 is 2.00 bits per heavy atom. The summed E-state index contributed by atoms with van der Waals surface area (Å²) in [5.41, 5.74) is 2.42. The third-order valence-electron chi connectivity index (χ3n) is 2.54. The molecule has 0 aliphatic carbocycles. The van der Waals surface area contributed by atoms with Crippen molar-refractivity contribution in [2.45, 2.75) is 33.2 Å². The number of pyridine rings is 1. The van der Waals surface area contributed by atoms with Gasteiger partial charge in [0.1, 0.15) is 0 Å². The van der Waals surface area contributed by atoms with Crippen molar-refractivity contribution in [1.82, 2.24) is 15.6 Å². The molecule has 1 rings (SSSR count). The van der Waals surface area contributed by atoms with Crippen molar-refractivity contribution in [3.8, 4) is 0 Å². The smallest absolute Gasteiger partial charge is 0.0570 e. The summed E-state index contributed by atoms with van der Waals surface area (Å²) in [5, 5.41) is 6.81. The first-order chi connectivity index (χ1) is 7.84. The Bertz CT molecular complexity index is 286. The van der Waals surface area contributed by atoms with Gasteiger partial charge in [-0.15, -0.1) is 0 Å². The quantitative estimate of drug-likeness (QED) is 0.658. The van der Waals surface area contributed by atoms with Crippen LogP contribution in [0.15, 0.2) is 18.3 Å². The van der Waals surface area contributed by atoms with E-state index < -0.39 is 0 Å². The predicted molar refractivity (Wildman–Crippen MR) is 68.5 cm³/mol. The highest BCUT2D eigenvalue weighted by molar-refractivity contribution is 5.17. The standard InChI is InChI=1S/C13H23N3/c1-3-7-14-8-5-9-15-11-13-12(2)6-4-10-16-13/h4,6,10,14-15H,3,5,7-9,11H2,1-2H3. The number of hydrogen-bond acceptors (Lipinski definition) is 3. The Kier molecular flexibility index (Phi) is 6.77. The molecule has 0 unspecified atom stereocenters. The lowest BCUT2D eigenvalue weighted by atomic mass is 10.2. The zero-order valence-corrected chi connectivity index (χ0v) is 10.4. The van der Waals surface area contributed by atoms with Gasteiger partial charge in [-0.2, -0.15) is 0 Å². The van der Waals surface area contributed by atoms with Gasteiger partial charge < -0.3 is 10.6 Å². The molecule has 3 nitrogen and oxygen atoms in total. The van der Waals surface area contributed by atoms with E-state index in [0.29, 0.717) is 0 Å². The van der Waals surface area contributed by atoms with Crippen LogP contribution in [0.1, 0.15) is 31.0 Å². The van der Waals surface area contributed by atoms with Crippen LogP contribution >= 0.6 is 0 Å². The molecule has 0 radical (unpaired) electrons. The molecule has 1 aromatic heterocycles. The van der Waals surface area contributed by atoms with E-state index in [0.717, 1.165) is 31.9 Å². The van der Waals surface area contributed by atoms with Crippen molar-refractivity contribution in [2.24, 2.45) is 0 Å². The Balaban J connectivity index is 2.05. The van der Waals surface area contributed by atoms with Crippen LogP contribution in [0.5, 0.6) is 0 Å². The molecule has 0 atom stereocenters. The van der Waals surface area contributed by atoms with Crippen molar-refractivity contribution in [3.63, 3.8) is 0 Å². The summed E-state index contributed by atoms with van der Waals surface area (Å²) in [6, 6.07) is 4.08. The average molecular weight is 221 g/mol. The minimum Gasteiger partial charge on any atom is -0.317 e. The van der Waals surface area contributed by atoms with Crippen LogP contribution in [-0.4, -0.2) is 24.6 Å². The molecule has 3 heteroatoms. The van der Waals surface area contributed by atoms with E-state index in [1.807, 2.05) is 12.3 Å². The lowest BCUT2D eigenvalue weighted by Gasteiger charge is -2.07. The van der Waals surface area contributed by atoms with Gasteiger partial charge in [-0.1, -0.05) is 13.0 Å². The summed E-state index contributed by atoms with van der Waals surface area (Å²) < 4.78 is 0. The summed E-state index contributed by atoms with van der Waals surface area (Å²) in [4.78, 5) is 4.35. The minimum absolute atomic E-state index is 0.875. The molecular formula is C13H23N3. The SMILES string of the molecule is CCCNCCCNCc1ncccc1C. The molecule has 1 heterocycles. The van der Waals surface area contributed by atoms with Gasteiger partial charge in [-0.3, -0.25) is 4.98 Å². The summed E-state index contributed by atoms with van der Waals surface area (Å²) >= 11 is 0. The number of rotatable bonds is 8. The molecule has 0 aliphatic heterocycles. The van der Waals surface area contributed by atoms with E-state index in [1.54, 1.807) is 0 Å². The minimum atomic E-state index is 0.875. The fourth-order valence-corrected chi connectivity index (χ4v) is 1.55. The Hall–Kier alpha value is -0.930. The molecule has 16 heavy (non-hydrogen) atoms. The average Bonchev–Trinajstić information content (AvgIpc) is 2.30. The Morgan fingerprint density at radius 1 is 1.19 bits per heavy atom. The van der Waals surface area contributed by atoms with Crippen LogP contribution < -0.4 is 10.6 Å². The summed E-state index contributed by atoms with van der Waals surface area (Å²) in [6.07, 6.45) is 4.24. The van der Waals surface area contributed by atoms with Crippen molar-refractivity contribution in [1.29, 1.82) is 0 Å². The molecule has 0 spiro atoms. The Labute approximate surface area is 98.7 Å². The largest absolute Gasteiger partial charge is 0.317 e. The highest BCUT2D eigenvalue weighted by Gasteiger charge is 1.97. The molecule has 0 aliphatic rings. The summed E-state index contributed by atoms with van der Waals surface area (Å²) in [6.45, 7) is 8.44. The second-order valence-corrected chi connectivity index (χ2v) is 4.05. The first-order valence-corrected chi connectivity index (χ1v) is 6.16. The third kappa shape index (κ3) is 5.24. The van der Waals surface area contributed by atoms with Gasteiger partial charge in [0.25, 0.3) is 0 Å². The molecule has 0 saturated carbocycles. The highest BCUT2D eigenvalue weighted by Crippen LogP contribution is 2.01. The third-order valence-corrected chi connectivity index (χ3v) is 2.54. The molecule has 0 fully saturated rings. The summed E-state index contributed by atoms with van der Waals surface area (Å²) in [7, 11) is 0. The lowest BCUT2D eigenvalue weighted by molar-refractivity contribution is 0.588. The second kappa shape index (κ2) is 8.25. The van der Waals surface area contributed by atoms with Crippen LogP contribution in [0, 0.1) is 6.92 Å². The van der Waals surface area contributed by atoms with Crippen LogP contribution in [0.4, 0.5) is 0 Å². The van der Waals surface area contributed by atoms with Crippen molar-refractivity contribution >= 4 is 0 Å². The van der Waals surface area contributed by atoms with Crippen LogP contribution in [0.2, 0.25) is 0 Å². The van der Waals surface area contributed by atoms with E-state index in [9.17, 15) is 0 Å². The van der Waals surface area contributed by atoms with E-state index in [1.165, 1.54) is 18.4 Å². The first kappa shape index (κ1) is 13.1. The predicted octanol–water partition coefficient (Wildman–Crippen LogP) is 1.87. The molecule has 1 aromatic rings. The van der Waals surface area contributed by atoms with E-state index in [-0.39, 0.29) is 0 Å². The van der Waals surface area contributed by atoms with E-state index in [4.69, 9.17) is 0 Å². The van der Waals surface area contributed by atoms with Gasteiger partial charge in [0, 0.05) is 12.7 Å². The molecule has 0 amide bonds. The van der Waals surface area contributed by atoms with Gasteiger partial charge >= 0.3 is 0 Å². The van der Waals surface area contributed by atoms with Gasteiger partial charge in [0.2, 0.25) is 0 Å². The highest BCUT2D eigenvalue weighted by atomic mass is 14.9. The lowest BCUT2D eigenvalue weighted by Crippen LogP contribution is -2.22. The first-order valence-electron chi connectivity index (χ1n) is 6.16. The van der Waals surface area contributed by atoms with Gasteiger partial charge in [-0.05, 0) is 51.0 Å².